The summed E-state index contributed by atoms with van der Waals surface area (Å²) in [6, 6.07) is 0.983. The van der Waals surface area contributed by atoms with Crippen LogP contribution in [-0.2, 0) is 26.9 Å². The molecule has 0 amide bonds. The Kier molecular flexibility index (Phi) is 11.3. The van der Waals surface area contributed by atoms with Gasteiger partial charge >= 0.3 is 13.6 Å². The number of hydrogen-bond acceptors (Lipinski definition) is 6. The van der Waals surface area contributed by atoms with E-state index in [-0.39, 0.29) is 24.8 Å². The monoisotopic (exact) mass is 540 g/mol. The Morgan fingerprint density at radius 3 is 2.56 bits per heavy atom. The van der Waals surface area contributed by atoms with Crippen molar-refractivity contribution in [2.75, 3.05) is 19.9 Å². The van der Waals surface area contributed by atoms with Gasteiger partial charge in [-0.15, -0.1) is 0 Å². The summed E-state index contributed by atoms with van der Waals surface area (Å²) < 4.78 is 34.9. The Balaban J connectivity index is 2.16. The van der Waals surface area contributed by atoms with E-state index in [0.29, 0.717) is 37.2 Å². The average molecular weight is 541 g/mol. The van der Waals surface area contributed by atoms with Crippen molar-refractivity contribution in [2.24, 2.45) is 0 Å². The summed E-state index contributed by atoms with van der Waals surface area (Å²) in [5.74, 6) is 0.983. The van der Waals surface area contributed by atoms with Gasteiger partial charge < -0.3 is 23.6 Å². The van der Waals surface area contributed by atoms with Gasteiger partial charge in [-0.2, -0.15) is 0 Å². The maximum absolute atomic E-state index is 12.6. The summed E-state index contributed by atoms with van der Waals surface area (Å²) in [6.45, 7) is 15.4. The molecule has 1 aliphatic heterocycles. The zero-order chi connectivity index (χ0) is 27.1. The summed E-state index contributed by atoms with van der Waals surface area (Å²) in [7, 11) is -3.21. The first-order valence-corrected chi connectivity index (χ1v) is 18.4. The van der Waals surface area contributed by atoms with Gasteiger partial charge in [0.1, 0.15) is 23.7 Å². The van der Waals surface area contributed by atoms with E-state index in [1.165, 1.54) is 5.57 Å². The van der Waals surface area contributed by atoms with Crippen molar-refractivity contribution in [1.82, 2.24) is 0 Å². The fourth-order valence-electron chi connectivity index (χ4n) is 4.13. The van der Waals surface area contributed by atoms with Crippen molar-refractivity contribution in [1.29, 1.82) is 0 Å². The lowest BCUT2D eigenvalue weighted by molar-refractivity contribution is 0.0532. The number of unbranched alkanes of at least 4 members (excludes halogenated alkanes) is 1. The highest BCUT2D eigenvalue weighted by Crippen LogP contribution is 2.45. The molecule has 0 spiro atoms. The van der Waals surface area contributed by atoms with Crippen LogP contribution in [0.5, 0.6) is 11.5 Å². The molecule has 0 fully saturated rings. The van der Waals surface area contributed by atoms with Gasteiger partial charge in [0.25, 0.3) is 0 Å². The Morgan fingerprint density at radius 2 is 1.94 bits per heavy atom. The van der Waals surface area contributed by atoms with Crippen LogP contribution in [0.4, 0.5) is 0 Å². The largest absolute Gasteiger partial charge is 0.496 e. The van der Waals surface area contributed by atoms with Gasteiger partial charge in [0, 0.05) is 19.2 Å². The van der Waals surface area contributed by atoms with Gasteiger partial charge in [-0.3, -0.25) is 4.57 Å². The Morgan fingerprint density at radius 1 is 1.25 bits per heavy atom. The van der Waals surface area contributed by atoms with E-state index in [1.54, 1.807) is 7.11 Å². The fourth-order valence-corrected chi connectivity index (χ4v) is 6.29. The first-order valence-electron chi connectivity index (χ1n) is 13.0. The molecule has 0 saturated carbocycles. The maximum atomic E-state index is 12.6. The second kappa shape index (κ2) is 13.3. The van der Waals surface area contributed by atoms with Crippen molar-refractivity contribution in [3.05, 3.63) is 33.9 Å². The van der Waals surface area contributed by atoms with Crippen LogP contribution in [0.1, 0.15) is 73.5 Å². The van der Waals surface area contributed by atoms with Crippen LogP contribution in [-0.4, -0.2) is 44.9 Å². The number of carbonyl (C=O) groups excluding carboxylic acids is 1. The molecule has 0 radical (unpaired) electrons. The molecule has 9 heteroatoms. The zero-order valence-corrected chi connectivity index (χ0v) is 25.3. The number of methoxy groups -OCH3 is 1. The number of esters is 1. The van der Waals surface area contributed by atoms with Gasteiger partial charge in [0.05, 0.1) is 26.0 Å². The Labute approximate surface area is 218 Å². The number of rotatable bonds is 15. The highest BCUT2D eigenvalue weighted by Gasteiger charge is 2.33. The molecule has 1 heterocycles. The smallest absolute Gasteiger partial charge is 0.342 e. The molecule has 204 valence electrons. The van der Waals surface area contributed by atoms with Crippen LogP contribution in [0.25, 0.3) is 0 Å². The topological polar surface area (TPSA) is 91.3 Å². The van der Waals surface area contributed by atoms with Crippen molar-refractivity contribution in [3.63, 3.8) is 0 Å². The number of fused-ring (bicyclic) bond motifs is 1. The van der Waals surface area contributed by atoms with Crippen molar-refractivity contribution in [2.45, 2.75) is 98.2 Å². The summed E-state index contributed by atoms with van der Waals surface area (Å²) >= 11 is 0. The van der Waals surface area contributed by atoms with Crippen molar-refractivity contribution >= 4 is 21.6 Å². The Hall–Kier alpha value is -1.60. The molecule has 1 unspecified atom stereocenters. The molecule has 0 saturated heterocycles. The molecule has 0 bridgehead atoms. The number of hydrogen-bond donors (Lipinski definition) is 1. The molecular formula is C27H45O7PSi. The van der Waals surface area contributed by atoms with E-state index in [0.717, 1.165) is 41.3 Å². The molecule has 2 rings (SSSR count). The van der Waals surface area contributed by atoms with Gasteiger partial charge in [-0.05, 0) is 64.5 Å². The summed E-state index contributed by atoms with van der Waals surface area (Å²) in [4.78, 5) is 22.6. The Bertz CT molecular complexity index is 997. The molecule has 0 aromatic heterocycles. The third-order valence-corrected chi connectivity index (χ3v) is 9.84. The number of cyclic esters (lactones) is 1. The molecule has 7 nitrogen and oxygen atoms in total. The molecular weight excluding hydrogens is 495 g/mol. The lowest BCUT2D eigenvalue weighted by atomic mass is 9.94. The van der Waals surface area contributed by atoms with E-state index in [4.69, 9.17) is 18.7 Å². The maximum Gasteiger partial charge on any atom is 0.342 e. The molecule has 1 N–H and O–H groups in total. The third-order valence-electron chi connectivity index (χ3n) is 6.56. The molecule has 1 aromatic rings. The minimum Gasteiger partial charge on any atom is -0.496 e. The van der Waals surface area contributed by atoms with Gasteiger partial charge in [0.2, 0.25) is 0 Å². The molecule has 2 atom stereocenters. The van der Waals surface area contributed by atoms with Crippen LogP contribution in [0.15, 0.2) is 11.6 Å². The normalized spacial score (nSPS) is 16.4. The minimum absolute atomic E-state index is 0.166. The average Bonchev–Trinajstić information content (AvgIpc) is 3.17. The van der Waals surface area contributed by atoms with Gasteiger partial charge in [0.15, 0.2) is 0 Å². The number of ether oxygens (including phenoxy) is 3. The first-order chi connectivity index (χ1) is 16.8. The van der Waals surface area contributed by atoms with E-state index in [2.05, 4.69) is 32.6 Å². The predicted molar refractivity (Wildman–Crippen MR) is 147 cm³/mol. The SMILES string of the molecule is CC[C@H](C)OP(=O)(O)CCCC/C(C)=C/Cc1c(OC)c(C)c2c(c1OCC[Si](C)(C)C)C(=O)OC2. The highest BCUT2D eigenvalue weighted by atomic mass is 31.2. The molecule has 1 aromatic carbocycles. The van der Waals surface area contributed by atoms with Crippen molar-refractivity contribution < 1.29 is 33.0 Å². The molecule has 1 aliphatic rings. The summed E-state index contributed by atoms with van der Waals surface area (Å²) in [5, 5.41) is 0. The van der Waals surface area contributed by atoms with Crippen LogP contribution < -0.4 is 9.47 Å². The summed E-state index contributed by atoms with van der Waals surface area (Å²) in [5.41, 5.74) is 4.32. The van der Waals surface area contributed by atoms with Crippen LogP contribution in [0.2, 0.25) is 25.7 Å². The van der Waals surface area contributed by atoms with E-state index in [1.807, 2.05) is 20.8 Å². The first kappa shape index (κ1) is 30.6. The third kappa shape index (κ3) is 8.75. The van der Waals surface area contributed by atoms with Crippen LogP contribution >= 0.6 is 7.60 Å². The number of benzene rings is 1. The quantitative estimate of drug-likeness (QED) is 0.0838. The second-order valence-electron chi connectivity index (χ2n) is 11.0. The van der Waals surface area contributed by atoms with E-state index in [9.17, 15) is 14.3 Å². The lowest BCUT2D eigenvalue weighted by Gasteiger charge is -2.21. The predicted octanol–water partition coefficient (Wildman–Crippen LogP) is 7.05. The van der Waals surface area contributed by atoms with Crippen molar-refractivity contribution in [3.8, 4) is 11.5 Å². The number of allylic oxidation sites excluding steroid dienone is 2. The fraction of sp³-hybridized carbons (Fsp3) is 0.667. The standard InChI is InChI=1S/C27H45O7PSi/c1-9-20(3)34-35(29,30)16-11-10-12-19(2)13-14-22-25(31-5)21(4)23-18-33-27(28)24(23)26(22)32-15-17-36(6,7)8/h13,20H,9-12,14-18H2,1-8H3,(H,29,30)/b19-13+/t20-/m0/s1. The second-order valence-corrected chi connectivity index (χ2v) is 18.5. The van der Waals surface area contributed by atoms with Gasteiger partial charge in [-0.1, -0.05) is 38.2 Å². The van der Waals surface area contributed by atoms with Crippen LogP contribution in [0, 0.1) is 6.92 Å². The molecule has 0 aliphatic carbocycles. The van der Waals surface area contributed by atoms with E-state index >= 15 is 0 Å². The summed E-state index contributed by atoms with van der Waals surface area (Å²) in [6.07, 6.45) is 5.57. The van der Waals surface area contributed by atoms with Gasteiger partial charge in [-0.25, -0.2) is 4.79 Å². The van der Waals surface area contributed by atoms with Crippen LogP contribution in [0.3, 0.4) is 0 Å². The molecule has 36 heavy (non-hydrogen) atoms. The minimum atomic E-state index is -3.54. The van der Waals surface area contributed by atoms with E-state index < -0.39 is 15.7 Å². The highest BCUT2D eigenvalue weighted by molar-refractivity contribution is 7.52. The number of carbonyl (C=O) groups is 1. The zero-order valence-electron chi connectivity index (χ0n) is 23.4. The lowest BCUT2D eigenvalue weighted by Crippen LogP contribution is -2.23.